The van der Waals surface area contributed by atoms with Crippen molar-refractivity contribution in [1.82, 2.24) is 39.4 Å². The van der Waals surface area contributed by atoms with E-state index in [2.05, 4.69) is 20.2 Å². The van der Waals surface area contributed by atoms with Crippen molar-refractivity contribution < 1.29 is 36.2 Å². The van der Waals surface area contributed by atoms with Crippen LogP contribution in [-0.2, 0) is 13.1 Å². The molecule has 4 aromatic rings. The number of carbonyl (C=O) groups is 1. The summed E-state index contributed by atoms with van der Waals surface area (Å²) in [5.41, 5.74) is -1.21. The van der Waals surface area contributed by atoms with Crippen LogP contribution in [0.1, 0.15) is 16.3 Å². The highest BCUT2D eigenvalue weighted by Crippen LogP contribution is 2.24. The third-order valence-electron chi connectivity index (χ3n) is 5.29. The summed E-state index contributed by atoms with van der Waals surface area (Å²) in [4.78, 5) is 33.1. The quantitative estimate of drug-likeness (QED) is 0.302. The molecule has 3 heterocycles. The van der Waals surface area contributed by atoms with Crippen LogP contribution in [0.4, 0.5) is 26.3 Å². The van der Waals surface area contributed by atoms with Gasteiger partial charge in [0.2, 0.25) is 0 Å². The number of nitrogens with zero attached hydrogens (tertiary/aromatic N) is 7. The zero-order chi connectivity index (χ0) is 29.2. The molecular weight excluding hydrogens is 574 g/mol. The van der Waals surface area contributed by atoms with E-state index in [9.17, 15) is 41.0 Å². The van der Waals surface area contributed by atoms with Crippen LogP contribution in [0, 0.1) is 0 Å². The van der Waals surface area contributed by atoms with Crippen LogP contribution in [0.3, 0.4) is 0 Å². The number of amides is 1. The van der Waals surface area contributed by atoms with Gasteiger partial charge in [0.25, 0.3) is 5.91 Å². The molecule has 11 nitrogen and oxygen atoms in total. The lowest BCUT2D eigenvalue weighted by atomic mass is 10.2. The number of aliphatic hydroxyl groups is 1. The van der Waals surface area contributed by atoms with E-state index in [1.807, 2.05) is 0 Å². The van der Waals surface area contributed by atoms with Gasteiger partial charge in [-0.25, -0.2) is 24.1 Å². The van der Waals surface area contributed by atoms with Gasteiger partial charge < -0.3 is 10.4 Å². The monoisotopic (exact) mass is 590 g/mol. The molecule has 2 N–H and O–H groups in total. The van der Waals surface area contributed by atoms with E-state index in [4.69, 9.17) is 11.6 Å². The van der Waals surface area contributed by atoms with Crippen molar-refractivity contribution in [2.24, 2.45) is 0 Å². The number of halogens is 7. The maximum Gasteiger partial charge on any atom is 0.416 e. The van der Waals surface area contributed by atoms with Gasteiger partial charge in [0.05, 0.1) is 12.2 Å². The van der Waals surface area contributed by atoms with E-state index >= 15 is 0 Å². The van der Waals surface area contributed by atoms with Gasteiger partial charge in [-0.2, -0.15) is 26.3 Å². The average molecular weight is 591 g/mol. The molecule has 1 atom stereocenters. The van der Waals surface area contributed by atoms with Crippen LogP contribution in [0.15, 0.2) is 53.7 Å². The first kappa shape index (κ1) is 28.8. The molecule has 18 heteroatoms. The molecule has 212 valence electrons. The minimum absolute atomic E-state index is 0.0334. The second kappa shape index (κ2) is 11.1. The molecule has 0 spiro atoms. The van der Waals surface area contributed by atoms with Gasteiger partial charge in [0, 0.05) is 16.8 Å². The van der Waals surface area contributed by atoms with Crippen molar-refractivity contribution in [2.75, 3.05) is 6.54 Å². The number of aromatic nitrogens is 7. The molecular formula is C22H17ClF6N8O3. The molecule has 0 aliphatic carbocycles. The summed E-state index contributed by atoms with van der Waals surface area (Å²) in [5.74, 6) is -1.41. The van der Waals surface area contributed by atoms with E-state index in [0.29, 0.717) is 9.59 Å². The predicted octanol–water partition coefficient (Wildman–Crippen LogP) is 2.60. The summed E-state index contributed by atoms with van der Waals surface area (Å²) in [5, 5.41) is 19.8. The standard InChI is InChI=1S/C22H17ClF6N8O3/c23-13-5-3-12(4-6-13)18-34-36(20(40)35(18)8-15(38)22(27,28)29)9-16-32-11-37(33-16)14-2-1-7-30-17(14)19(39)31-10-21(24,25)26/h1-7,11,15,38H,8-10H2,(H,31,39)/t15-/m0/s1. The number of aliphatic hydroxyl groups excluding tert-OH is 1. The van der Waals surface area contributed by atoms with Crippen molar-refractivity contribution in [3.63, 3.8) is 0 Å². The average Bonchev–Trinajstić information content (AvgIpc) is 3.47. The second-order valence-corrected chi connectivity index (χ2v) is 8.65. The lowest BCUT2D eigenvalue weighted by Crippen LogP contribution is -2.37. The smallest absolute Gasteiger partial charge is 0.382 e. The Morgan fingerprint density at radius 3 is 2.40 bits per heavy atom. The van der Waals surface area contributed by atoms with Gasteiger partial charge in [-0.05, 0) is 36.4 Å². The van der Waals surface area contributed by atoms with E-state index in [1.165, 1.54) is 42.6 Å². The van der Waals surface area contributed by atoms with Crippen molar-refractivity contribution >= 4 is 17.5 Å². The molecule has 4 rings (SSSR count). The van der Waals surface area contributed by atoms with Crippen molar-refractivity contribution in [1.29, 1.82) is 0 Å². The first-order valence-corrected chi connectivity index (χ1v) is 11.5. The largest absolute Gasteiger partial charge is 0.416 e. The van der Waals surface area contributed by atoms with Crippen molar-refractivity contribution in [3.8, 4) is 17.1 Å². The molecule has 0 unspecified atom stereocenters. The predicted molar refractivity (Wildman–Crippen MR) is 126 cm³/mol. The van der Waals surface area contributed by atoms with E-state index in [-0.39, 0.29) is 22.9 Å². The van der Waals surface area contributed by atoms with Crippen molar-refractivity contribution in [2.45, 2.75) is 31.5 Å². The third kappa shape index (κ3) is 6.66. The van der Waals surface area contributed by atoms with Gasteiger partial charge >= 0.3 is 18.0 Å². The number of rotatable bonds is 8. The van der Waals surface area contributed by atoms with Crippen LogP contribution >= 0.6 is 11.6 Å². The van der Waals surface area contributed by atoms with Crippen LogP contribution in [-0.4, -0.2) is 70.1 Å². The summed E-state index contributed by atoms with van der Waals surface area (Å²) in [7, 11) is 0. The molecule has 1 aromatic carbocycles. The van der Waals surface area contributed by atoms with Gasteiger partial charge in [-0.15, -0.1) is 10.2 Å². The minimum atomic E-state index is -5.01. The van der Waals surface area contributed by atoms with Crippen LogP contribution in [0.2, 0.25) is 5.02 Å². The summed E-state index contributed by atoms with van der Waals surface area (Å²) in [6.45, 7) is -3.18. The summed E-state index contributed by atoms with van der Waals surface area (Å²) in [6, 6.07) is 8.45. The zero-order valence-electron chi connectivity index (χ0n) is 19.9. The second-order valence-electron chi connectivity index (χ2n) is 8.21. The SMILES string of the molecule is O=C(NCC(F)(F)F)c1ncccc1-n1cnc(Cn2nc(-c3ccc(Cl)cc3)n(C[C@H](O)C(F)(F)F)c2=O)n1. The Kier molecular flexibility index (Phi) is 7.97. The van der Waals surface area contributed by atoms with E-state index in [1.54, 1.807) is 5.32 Å². The lowest BCUT2D eigenvalue weighted by Gasteiger charge is -2.15. The third-order valence-corrected chi connectivity index (χ3v) is 5.54. The van der Waals surface area contributed by atoms with Crippen LogP contribution in [0.25, 0.3) is 17.1 Å². The summed E-state index contributed by atoms with van der Waals surface area (Å²) >= 11 is 5.87. The molecule has 1 amide bonds. The van der Waals surface area contributed by atoms with E-state index in [0.717, 1.165) is 15.7 Å². The lowest BCUT2D eigenvalue weighted by molar-refractivity contribution is -0.207. The highest BCUT2D eigenvalue weighted by molar-refractivity contribution is 6.30. The molecule has 0 saturated heterocycles. The molecule has 0 aliphatic heterocycles. The number of benzene rings is 1. The van der Waals surface area contributed by atoms with E-state index < -0.39 is 55.4 Å². The van der Waals surface area contributed by atoms with Gasteiger partial charge in [-0.3, -0.25) is 9.36 Å². The van der Waals surface area contributed by atoms with Gasteiger partial charge in [0.1, 0.15) is 19.4 Å². The van der Waals surface area contributed by atoms with Gasteiger partial charge in [0.15, 0.2) is 23.4 Å². The van der Waals surface area contributed by atoms with Crippen LogP contribution in [0.5, 0.6) is 0 Å². The molecule has 0 bridgehead atoms. The maximum atomic E-state index is 13.0. The number of alkyl halides is 6. The van der Waals surface area contributed by atoms with Crippen molar-refractivity contribution in [3.05, 3.63) is 75.9 Å². The Morgan fingerprint density at radius 2 is 1.75 bits per heavy atom. The molecule has 0 saturated carbocycles. The first-order chi connectivity index (χ1) is 18.7. The molecule has 0 aliphatic rings. The number of nitrogens with one attached hydrogen (secondary N) is 1. The summed E-state index contributed by atoms with van der Waals surface area (Å²) < 4.78 is 79.1. The maximum absolute atomic E-state index is 13.0. The Labute approximate surface area is 224 Å². The fourth-order valence-corrected chi connectivity index (χ4v) is 3.56. The Bertz CT molecular complexity index is 1560. The zero-order valence-corrected chi connectivity index (χ0v) is 20.6. The summed E-state index contributed by atoms with van der Waals surface area (Å²) in [6.07, 6.45) is -10.2. The fraction of sp³-hybridized carbons (Fsp3) is 0.273. The number of hydrogen-bond acceptors (Lipinski definition) is 7. The Morgan fingerprint density at radius 1 is 1.05 bits per heavy atom. The fourth-order valence-electron chi connectivity index (χ4n) is 3.44. The van der Waals surface area contributed by atoms with Gasteiger partial charge in [-0.1, -0.05) is 11.6 Å². The molecule has 3 aromatic heterocycles. The topological polar surface area (TPSA) is 133 Å². The molecule has 0 fully saturated rings. The molecule has 40 heavy (non-hydrogen) atoms. The number of pyridine rings is 1. The molecule has 0 radical (unpaired) electrons. The number of carbonyl (C=O) groups excluding carboxylic acids is 1. The normalized spacial score (nSPS) is 12.9. The minimum Gasteiger partial charge on any atom is -0.382 e. The highest BCUT2D eigenvalue weighted by Gasteiger charge is 2.39. The van der Waals surface area contributed by atoms with Crippen LogP contribution < -0.4 is 11.0 Å². The number of hydrogen-bond donors (Lipinski definition) is 2. The first-order valence-electron chi connectivity index (χ1n) is 11.1. The Hall–Kier alpha value is -4.25. The highest BCUT2D eigenvalue weighted by atomic mass is 35.5. The Balaban J connectivity index is 1.65.